The number of nitrogens with zero attached hydrogens (tertiary/aromatic N) is 2. The average Bonchev–Trinajstić information content (AvgIpc) is 2.72. The fourth-order valence-electron chi connectivity index (χ4n) is 3.98. The summed E-state index contributed by atoms with van der Waals surface area (Å²) in [4.78, 5) is 17.9. The van der Waals surface area contributed by atoms with Gasteiger partial charge < -0.3 is 16.0 Å². The van der Waals surface area contributed by atoms with Crippen molar-refractivity contribution in [1.82, 2.24) is 4.98 Å². The van der Waals surface area contributed by atoms with Crippen LogP contribution in [0.4, 0.5) is 24.7 Å². The van der Waals surface area contributed by atoms with Crippen LogP contribution in [0, 0.1) is 5.92 Å². The van der Waals surface area contributed by atoms with Gasteiger partial charge >= 0.3 is 6.18 Å². The summed E-state index contributed by atoms with van der Waals surface area (Å²) in [6.07, 6.45) is 0.307. The van der Waals surface area contributed by atoms with Crippen LogP contribution < -0.4 is 16.0 Å². The molecule has 1 aliphatic carbocycles. The minimum atomic E-state index is -4.57. The van der Waals surface area contributed by atoms with Crippen LogP contribution in [-0.2, 0) is 6.18 Å². The minimum Gasteiger partial charge on any atom is -0.384 e. The van der Waals surface area contributed by atoms with Crippen LogP contribution in [0.1, 0.15) is 53.1 Å². The molecule has 0 atom stereocenters. The van der Waals surface area contributed by atoms with Gasteiger partial charge in [-0.2, -0.15) is 13.2 Å². The Labute approximate surface area is 184 Å². The van der Waals surface area contributed by atoms with E-state index in [0.29, 0.717) is 24.3 Å². The number of pyridine rings is 1. The van der Waals surface area contributed by atoms with Gasteiger partial charge in [0.2, 0.25) is 5.91 Å². The van der Waals surface area contributed by atoms with Gasteiger partial charge in [0.1, 0.15) is 5.82 Å². The van der Waals surface area contributed by atoms with E-state index in [9.17, 15) is 18.0 Å². The zero-order valence-corrected chi connectivity index (χ0v) is 18.2. The highest BCUT2D eigenvalue weighted by Gasteiger charge is 2.34. The van der Waals surface area contributed by atoms with Crippen molar-refractivity contribution >= 4 is 29.0 Å². The quantitative estimate of drug-likeness (QED) is 0.621. The smallest absolute Gasteiger partial charge is 0.384 e. The molecule has 0 spiro atoms. The molecule has 3 N–H and O–H groups in total. The summed E-state index contributed by atoms with van der Waals surface area (Å²) in [5.41, 5.74) is 5.39. The number of primary amides is 1. The number of carbonyl (C=O) groups excluding carboxylic acids is 1. The van der Waals surface area contributed by atoms with E-state index >= 15 is 0 Å². The van der Waals surface area contributed by atoms with Crippen molar-refractivity contribution in [2.24, 2.45) is 11.7 Å². The van der Waals surface area contributed by atoms with Crippen molar-refractivity contribution in [2.75, 3.05) is 30.9 Å². The molecule has 0 unspecified atom stereocenters. The highest BCUT2D eigenvalue weighted by Crippen LogP contribution is 2.42. The van der Waals surface area contributed by atoms with Gasteiger partial charge in [-0.1, -0.05) is 11.6 Å². The summed E-state index contributed by atoms with van der Waals surface area (Å²) in [6.45, 7) is 0.762. The van der Waals surface area contributed by atoms with Gasteiger partial charge in [0, 0.05) is 20.6 Å². The number of alkyl halides is 3. The zero-order valence-electron chi connectivity index (χ0n) is 17.5. The first-order valence-corrected chi connectivity index (χ1v) is 10.5. The fourth-order valence-corrected chi connectivity index (χ4v) is 4.34. The number of aromatic nitrogens is 1. The maximum Gasteiger partial charge on any atom is 0.416 e. The maximum atomic E-state index is 13.3. The number of nitrogens with two attached hydrogens (primary N) is 1. The normalized spacial score (nSPS) is 19.2. The molecule has 1 amide bonds. The Kier molecular flexibility index (Phi) is 6.99. The lowest BCUT2D eigenvalue weighted by Crippen LogP contribution is -2.22. The second-order valence-electron chi connectivity index (χ2n) is 8.19. The molecule has 2 aromatic rings. The zero-order chi connectivity index (χ0) is 22.8. The standard InChI is InChI=1S/C22H26ClF3N4O/c1-30(2)19-8-7-16(12-29-19)28-11-13-3-5-14(6-4-13)17-9-15(22(24,25)26)10-18(20(17)23)21(27)31/h7-10,12-14,28H,3-6,11H2,1-2H3,(H2,27,31). The first kappa shape index (κ1) is 23.2. The van der Waals surface area contributed by atoms with Crippen molar-refractivity contribution in [3.05, 3.63) is 52.2 Å². The number of amides is 1. The summed E-state index contributed by atoms with van der Waals surface area (Å²) in [6, 6.07) is 5.71. The number of rotatable bonds is 6. The van der Waals surface area contributed by atoms with Crippen LogP contribution in [0.5, 0.6) is 0 Å². The summed E-state index contributed by atoms with van der Waals surface area (Å²) >= 11 is 6.28. The average molecular weight is 455 g/mol. The number of hydrogen-bond donors (Lipinski definition) is 2. The van der Waals surface area contributed by atoms with E-state index in [4.69, 9.17) is 17.3 Å². The molecule has 1 saturated carbocycles. The van der Waals surface area contributed by atoms with Crippen LogP contribution >= 0.6 is 11.6 Å². The molecule has 1 aromatic carbocycles. The van der Waals surface area contributed by atoms with Crippen molar-refractivity contribution in [3.8, 4) is 0 Å². The van der Waals surface area contributed by atoms with E-state index in [2.05, 4.69) is 10.3 Å². The lowest BCUT2D eigenvalue weighted by Gasteiger charge is -2.30. The number of nitrogens with one attached hydrogen (secondary N) is 1. The molecule has 5 nitrogen and oxygen atoms in total. The molecule has 1 aromatic heterocycles. The molecule has 9 heteroatoms. The molecule has 1 aliphatic rings. The Morgan fingerprint density at radius 3 is 2.42 bits per heavy atom. The van der Waals surface area contributed by atoms with Gasteiger partial charge in [-0.05, 0) is 67.3 Å². The summed E-state index contributed by atoms with van der Waals surface area (Å²) in [7, 11) is 3.86. The molecule has 3 rings (SSSR count). The predicted molar refractivity (Wildman–Crippen MR) is 117 cm³/mol. The first-order valence-electron chi connectivity index (χ1n) is 10.1. The highest BCUT2D eigenvalue weighted by molar-refractivity contribution is 6.34. The fraction of sp³-hybridized carbons (Fsp3) is 0.455. The monoisotopic (exact) mass is 454 g/mol. The van der Waals surface area contributed by atoms with Crippen LogP contribution in [0.15, 0.2) is 30.5 Å². The van der Waals surface area contributed by atoms with Gasteiger partial charge in [-0.3, -0.25) is 4.79 Å². The third-order valence-corrected chi connectivity index (χ3v) is 6.20. The molecule has 0 bridgehead atoms. The molecule has 1 fully saturated rings. The van der Waals surface area contributed by atoms with Gasteiger partial charge in [0.05, 0.1) is 28.0 Å². The number of anilines is 2. The largest absolute Gasteiger partial charge is 0.416 e. The second-order valence-corrected chi connectivity index (χ2v) is 8.57. The third-order valence-electron chi connectivity index (χ3n) is 5.78. The molecule has 168 valence electrons. The van der Waals surface area contributed by atoms with Gasteiger partial charge in [-0.15, -0.1) is 0 Å². The molecule has 0 saturated heterocycles. The minimum absolute atomic E-state index is 0.0362. The molecule has 1 heterocycles. The first-order chi connectivity index (χ1) is 14.6. The Morgan fingerprint density at radius 1 is 1.23 bits per heavy atom. The summed E-state index contributed by atoms with van der Waals surface area (Å²) < 4.78 is 39.9. The van der Waals surface area contributed by atoms with Crippen LogP contribution in [0.3, 0.4) is 0 Å². The van der Waals surface area contributed by atoms with Crippen molar-refractivity contribution in [1.29, 1.82) is 0 Å². The van der Waals surface area contributed by atoms with E-state index in [0.717, 1.165) is 43.0 Å². The Morgan fingerprint density at radius 2 is 1.90 bits per heavy atom. The van der Waals surface area contributed by atoms with Crippen molar-refractivity contribution in [3.63, 3.8) is 0 Å². The number of carbonyl (C=O) groups is 1. The molecular weight excluding hydrogens is 429 g/mol. The van der Waals surface area contributed by atoms with Crippen molar-refractivity contribution < 1.29 is 18.0 Å². The van der Waals surface area contributed by atoms with Gasteiger partial charge in [0.25, 0.3) is 0 Å². The third kappa shape index (κ3) is 5.61. The SMILES string of the molecule is CN(C)c1ccc(NCC2CCC(c3cc(C(F)(F)F)cc(C(N)=O)c3Cl)CC2)cn1. The van der Waals surface area contributed by atoms with Crippen molar-refractivity contribution in [2.45, 2.75) is 37.8 Å². The van der Waals surface area contributed by atoms with Crippen LogP contribution in [-0.4, -0.2) is 31.5 Å². The highest BCUT2D eigenvalue weighted by atomic mass is 35.5. The molecule has 31 heavy (non-hydrogen) atoms. The maximum absolute atomic E-state index is 13.3. The van der Waals surface area contributed by atoms with E-state index in [1.165, 1.54) is 0 Å². The Bertz CT molecular complexity index is 924. The molecule has 0 radical (unpaired) electrons. The summed E-state index contributed by atoms with van der Waals surface area (Å²) in [5, 5.41) is 3.42. The van der Waals surface area contributed by atoms with Crippen LogP contribution in [0.2, 0.25) is 5.02 Å². The number of halogens is 4. The topological polar surface area (TPSA) is 71.2 Å². The van der Waals surface area contributed by atoms with E-state index in [-0.39, 0.29) is 16.5 Å². The van der Waals surface area contributed by atoms with E-state index in [1.807, 2.05) is 31.1 Å². The summed E-state index contributed by atoms with van der Waals surface area (Å²) in [5.74, 6) is 0.179. The number of hydrogen-bond acceptors (Lipinski definition) is 4. The van der Waals surface area contributed by atoms with Gasteiger partial charge in [0.15, 0.2) is 0 Å². The van der Waals surface area contributed by atoms with E-state index < -0.39 is 17.6 Å². The second kappa shape index (κ2) is 9.34. The van der Waals surface area contributed by atoms with Crippen LogP contribution in [0.25, 0.3) is 0 Å². The van der Waals surface area contributed by atoms with Gasteiger partial charge in [-0.25, -0.2) is 4.98 Å². The Hall–Kier alpha value is -2.48. The molecule has 0 aliphatic heterocycles. The number of benzene rings is 1. The predicted octanol–water partition coefficient (Wildman–Crippen LogP) is 5.30. The van der Waals surface area contributed by atoms with E-state index in [1.54, 1.807) is 6.20 Å². The lowest BCUT2D eigenvalue weighted by atomic mass is 9.78. The molecular formula is C22H26ClF3N4O. The Balaban J connectivity index is 1.65. The lowest BCUT2D eigenvalue weighted by molar-refractivity contribution is -0.137.